The van der Waals surface area contributed by atoms with Crippen LogP contribution in [0.15, 0.2) is 42.6 Å². The number of rotatable bonds is 6. The highest BCUT2D eigenvalue weighted by atomic mass is 19.0. The van der Waals surface area contributed by atoms with E-state index in [1.165, 1.54) is 43.0 Å². The molecule has 0 bridgehead atoms. The molecule has 1 heterocycles. The van der Waals surface area contributed by atoms with Crippen molar-refractivity contribution in [1.29, 1.82) is 0 Å². The molecule has 0 aliphatic carbocycles. The summed E-state index contributed by atoms with van der Waals surface area (Å²) in [5, 5.41) is 1.34. The van der Waals surface area contributed by atoms with Crippen molar-refractivity contribution in [3.05, 3.63) is 42.6 Å². The second-order valence-electron chi connectivity index (χ2n) is 4.67. The summed E-state index contributed by atoms with van der Waals surface area (Å²) in [6.07, 6.45) is 8.91. The third-order valence-electron chi connectivity index (χ3n) is 3.29. The Labute approximate surface area is 109 Å². The lowest BCUT2D eigenvalue weighted by Crippen LogP contribution is -3.00. The number of pyridine rings is 1. The molecule has 98 valence electrons. The van der Waals surface area contributed by atoms with Crippen molar-refractivity contribution in [2.45, 2.75) is 45.6 Å². The zero-order valence-corrected chi connectivity index (χ0v) is 11.1. The van der Waals surface area contributed by atoms with Gasteiger partial charge in [-0.3, -0.25) is 0 Å². The van der Waals surface area contributed by atoms with Crippen LogP contribution >= 0.6 is 0 Å². The SMILES string of the molecule is CCCCCCC[n+]1cccc2ccccc21.[F-]. The fourth-order valence-corrected chi connectivity index (χ4v) is 2.30. The fraction of sp³-hybridized carbons (Fsp3) is 0.438. The number of hydrogen-bond acceptors (Lipinski definition) is 0. The molecule has 0 atom stereocenters. The van der Waals surface area contributed by atoms with Crippen molar-refractivity contribution in [2.24, 2.45) is 0 Å². The third-order valence-corrected chi connectivity index (χ3v) is 3.29. The summed E-state index contributed by atoms with van der Waals surface area (Å²) >= 11 is 0. The average Bonchev–Trinajstić information content (AvgIpc) is 2.39. The van der Waals surface area contributed by atoms with E-state index in [-0.39, 0.29) is 4.70 Å². The molecular weight excluding hydrogens is 225 g/mol. The monoisotopic (exact) mass is 247 g/mol. The molecule has 0 radical (unpaired) electrons. The standard InChI is InChI=1S/C16H22N.FH/c1-2-3-4-5-8-13-17-14-9-11-15-10-6-7-12-16(15)17;/h6-7,9-12,14H,2-5,8,13H2,1H3;1H/q+1;/p-1. The molecule has 18 heavy (non-hydrogen) atoms. The third kappa shape index (κ3) is 3.80. The summed E-state index contributed by atoms with van der Waals surface area (Å²) in [5.74, 6) is 0. The van der Waals surface area contributed by atoms with Crippen molar-refractivity contribution in [2.75, 3.05) is 0 Å². The van der Waals surface area contributed by atoms with Crippen LogP contribution in [0.4, 0.5) is 0 Å². The first-order valence-electron chi connectivity index (χ1n) is 6.79. The minimum Gasteiger partial charge on any atom is -1.00 e. The predicted molar refractivity (Wildman–Crippen MR) is 72.9 cm³/mol. The number of aromatic nitrogens is 1. The van der Waals surface area contributed by atoms with Gasteiger partial charge in [0.2, 0.25) is 5.52 Å². The summed E-state index contributed by atoms with van der Waals surface area (Å²) in [5.41, 5.74) is 1.35. The Morgan fingerprint density at radius 3 is 2.44 bits per heavy atom. The molecule has 0 unspecified atom stereocenters. The highest BCUT2D eigenvalue weighted by molar-refractivity contribution is 5.74. The predicted octanol–water partition coefficient (Wildman–Crippen LogP) is 1.10. The molecule has 0 amide bonds. The molecule has 1 aromatic heterocycles. The van der Waals surface area contributed by atoms with Gasteiger partial charge < -0.3 is 4.70 Å². The first-order chi connectivity index (χ1) is 8.42. The number of hydrogen-bond donors (Lipinski definition) is 0. The zero-order valence-electron chi connectivity index (χ0n) is 11.1. The summed E-state index contributed by atoms with van der Waals surface area (Å²) < 4.78 is 2.38. The van der Waals surface area contributed by atoms with Gasteiger partial charge in [-0.05, 0) is 18.6 Å². The Morgan fingerprint density at radius 1 is 0.889 bits per heavy atom. The summed E-state index contributed by atoms with van der Waals surface area (Å²) in [6.45, 7) is 3.41. The minimum atomic E-state index is 0. The molecule has 0 N–H and O–H groups in total. The molecule has 0 saturated heterocycles. The van der Waals surface area contributed by atoms with Gasteiger partial charge in [-0.25, -0.2) is 0 Å². The van der Waals surface area contributed by atoms with E-state index in [1.807, 2.05) is 0 Å². The van der Waals surface area contributed by atoms with E-state index in [2.05, 4.69) is 54.1 Å². The summed E-state index contributed by atoms with van der Waals surface area (Å²) in [4.78, 5) is 0. The number of halogens is 1. The van der Waals surface area contributed by atoms with Gasteiger partial charge >= 0.3 is 0 Å². The van der Waals surface area contributed by atoms with Crippen molar-refractivity contribution in [3.63, 3.8) is 0 Å². The summed E-state index contributed by atoms with van der Waals surface area (Å²) in [6, 6.07) is 12.9. The van der Waals surface area contributed by atoms with E-state index in [0.717, 1.165) is 6.54 Å². The Hall–Kier alpha value is -1.44. The van der Waals surface area contributed by atoms with Crippen LogP contribution in [-0.4, -0.2) is 0 Å². The molecule has 2 rings (SSSR count). The van der Waals surface area contributed by atoms with Crippen LogP contribution in [0.3, 0.4) is 0 Å². The highest BCUT2D eigenvalue weighted by Gasteiger charge is 2.06. The number of unbranched alkanes of at least 4 members (excludes halogenated alkanes) is 4. The second kappa shape index (κ2) is 7.80. The number of aryl methyl sites for hydroxylation is 1. The van der Waals surface area contributed by atoms with Crippen molar-refractivity contribution in [3.8, 4) is 0 Å². The van der Waals surface area contributed by atoms with E-state index in [1.54, 1.807) is 0 Å². The van der Waals surface area contributed by atoms with Crippen molar-refractivity contribution in [1.82, 2.24) is 0 Å². The second-order valence-corrected chi connectivity index (χ2v) is 4.67. The lowest BCUT2D eigenvalue weighted by molar-refractivity contribution is -0.671. The number of benzene rings is 1. The Morgan fingerprint density at radius 2 is 1.61 bits per heavy atom. The molecule has 2 aromatic rings. The molecule has 0 fully saturated rings. The Kier molecular flexibility index (Phi) is 6.34. The lowest BCUT2D eigenvalue weighted by Gasteiger charge is -2.01. The molecule has 0 aliphatic heterocycles. The quantitative estimate of drug-likeness (QED) is 0.532. The van der Waals surface area contributed by atoms with Gasteiger partial charge in [0, 0.05) is 23.9 Å². The largest absolute Gasteiger partial charge is 1.00 e. The van der Waals surface area contributed by atoms with Crippen LogP contribution in [0.2, 0.25) is 0 Å². The van der Waals surface area contributed by atoms with Crippen molar-refractivity contribution < 1.29 is 9.27 Å². The first kappa shape index (κ1) is 14.6. The van der Waals surface area contributed by atoms with Gasteiger partial charge in [-0.1, -0.05) is 38.3 Å². The van der Waals surface area contributed by atoms with Crippen LogP contribution in [0.1, 0.15) is 39.0 Å². The fourth-order valence-electron chi connectivity index (χ4n) is 2.30. The van der Waals surface area contributed by atoms with Crippen LogP contribution in [0.5, 0.6) is 0 Å². The summed E-state index contributed by atoms with van der Waals surface area (Å²) in [7, 11) is 0. The lowest BCUT2D eigenvalue weighted by atomic mass is 10.1. The van der Waals surface area contributed by atoms with E-state index in [4.69, 9.17) is 0 Å². The smallest absolute Gasteiger partial charge is 0.212 e. The van der Waals surface area contributed by atoms with Gasteiger partial charge in [0.25, 0.3) is 0 Å². The Balaban J connectivity index is 0.00000162. The maximum atomic E-state index is 2.38. The van der Waals surface area contributed by atoms with Crippen LogP contribution in [0, 0.1) is 0 Å². The molecule has 0 aliphatic rings. The van der Waals surface area contributed by atoms with Gasteiger partial charge in [-0.2, -0.15) is 4.57 Å². The first-order valence-corrected chi connectivity index (χ1v) is 6.79. The van der Waals surface area contributed by atoms with Gasteiger partial charge in [0.05, 0.1) is 0 Å². The minimum absolute atomic E-state index is 0. The van der Waals surface area contributed by atoms with Crippen LogP contribution < -0.4 is 9.27 Å². The molecule has 1 nitrogen and oxygen atoms in total. The molecule has 2 heteroatoms. The number of para-hydroxylation sites is 1. The molecule has 0 spiro atoms. The molecule has 1 aromatic carbocycles. The van der Waals surface area contributed by atoms with E-state index >= 15 is 0 Å². The normalized spacial score (nSPS) is 10.3. The topological polar surface area (TPSA) is 3.88 Å². The van der Waals surface area contributed by atoms with E-state index in [0.29, 0.717) is 0 Å². The van der Waals surface area contributed by atoms with Gasteiger partial charge in [0.15, 0.2) is 6.20 Å². The maximum absolute atomic E-state index is 2.38. The average molecular weight is 247 g/mol. The van der Waals surface area contributed by atoms with E-state index < -0.39 is 0 Å². The zero-order chi connectivity index (χ0) is 11.9. The van der Waals surface area contributed by atoms with Gasteiger partial charge in [0.1, 0.15) is 6.54 Å². The Bertz CT molecular complexity index is 462. The molecular formula is C16H22FN. The van der Waals surface area contributed by atoms with Crippen molar-refractivity contribution >= 4 is 10.9 Å². The van der Waals surface area contributed by atoms with E-state index in [9.17, 15) is 0 Å². The van der Waals surface area contributed by atoms with Crippen LogP contribution in [0.25, 0.3) is 10.9 Å². The maximum Gasteiger partial charge on any atom is 0.212 e. The number of nitrogens with zero attached hydrogens (tertiary/aromatic N) is 1. The highest BCUT2D eigenvalue weighted by Crippen LogP contribution is 2.09. The molecule has 0 saturated carbocycles. The van der Waals surface area contributed by atoms with Crippen LogP contribution in [-0.2, 0) is 6.54 Å². The number of fused-ring (bicyclic) bond motifs is 1. The van der Waals surface area contributed by atoms with Gasteiger partial charge in [-0.15, -0.1) is 0 Å².